The Bertz CT molecular complexity index is 892. The molecule has 0 aliphatic carbocycles. The third-order valence-electron chi connectivity index (χ3n) is 4.38. The number of aliphatic hydroxyl groups excluding tert-OH is 1. The molecule has 1 amide bonds. The first kappa shape index (κ1) is 19.2. The minimum absolute atomic E-state index is 0.193. The lowest BCUT2D eigenvalue weighted by Crippen LogP contribution is -2.65. The van der Waals surface area contributed by atoms with Gasteiger partial charge >= 0.3 is 11.7 Å². The third kappa shape index (κ3) is 3.75. The van der Waals surface area contributed by atoms with Gasteiger partial charge in [0.2, 0.25) is 6.29 Å². The van der Waals surface area contributed by atoms with Gasteiger partial charge in [-0.1, -0.05) is 12.1 Å². The van der Waals surface area contributed by atoms with Crippen molar-refractivity contribution in [2.45, 2.75) is 44.1 Å². The average Bonchev–Trinajstić information content (AvgIpc) is 2.59. The first-order valence-electron chi connectivity index (χ1n) is 8.27. The second-order valence-electron chi connectivity index (χ2n) is 6.68. The molecule has 0 spiro atoms. The number of nitrogens with two attached hydrogens (primary N) is 1. The van der Waals surface area contributed by atoms with E-state index >= 15 is 0 Å². The highest BCUT2D eigenvalue weighted by molar-refractivity contribution is 5.82. The van der Waals surface area contributed by atoms with Gasteiger partial charge < -0.3 is 34.2 Å². The number of rotatable bonds is 4. The van der Waals surface area contributed by atoms with Gasteiger partial charge in [-0.25, -0.2) is 9.59 Å². The van der Waals surface area contributed by atoms with E-state index in [0.717, 1.165) is 0 Å². The van der Waals surface area contributed by atoms with Gasteiger partial charge in [0, 0.05) is 18.6 Å². The van der Waals surface area contributed by atoms with E-state index in [1.54, 1.807) is 38.1 Å². The molecule has 0 saturated carbocycles. The summed E-state index contributed by atoms with van der Waals surface area (Å²) in [7, 11) is 1.40. The molecule has 9 heteroatoms. The SMILES string of the molecule is CO[C@@H]1[C@@H](OC(N)=O)[C@@H](O)[C@H](Oc2cccc3ccc(=O)oc23)OC1(C)C. The van der Waals surface area contributed by atoms with E-state index in [4.69, 9.17) is 29.1 Å². The molecule has 0 unspecified atom stereocenters. The lowest BCUT2D eigenvalue weighted by molar-refractivity contribution is -0.304. The number of para-hydroxylation sites is 1. The normalized spacial score (nSPS) is 27.3. The molecule has 3 rings (SSSR count). The number of methoxy groups -OCH3 is 1. The van der Waals surface area contributed by atoms with Crippen LogP contribution < -0.4 is 16.1 Å². The molecule has 1 saturated heterocycles. The summed E-state index contributed by atoms with van der Waals surface area (Å²) in [4.78, 5) is 22.8. The Morgan fingerprint density at radius 2 is 2.00 bits per heavy atom. The van der Waals surface area contributed by atoms with Crippen LogP contribution in [0.25, 0.3) is 11.0 Å². The summed E-state index contributed by atoms with van der Waals surface area (Å²) in [5.74, 6) is 0.193. The van der Waals surface area contributed by atoms with E-state index in [1.165, 1.54) is 13.2 Å². The van der Waals surface area contributed by atoms with Crippen LogP contribution in [0.1, 0.15) is 13.8 Å². The number of fused-ring (bicyclic) bond motifs is 1. The van der Waals surface area contributed by atoms with Crippen molar-refractivity contribution in [1.29, 1.82) is 0 Å². The fourth-order valence-electron chi connectivity index (χ4n) is 3.23. The van der Waals surface area contributed by atoms with Crippen LogP contribution in [0, 0.1) is 0 Å². The van der Waals surface area contributed by atoms with Crippen molar-refractivity contribution in [3.8, 4) is 5.75 Å². The zero-order chi connectivity index (χ0) is 19.8. The van der Waals surface area contributed by atoms with Crippen LogP contribution in [0.5, 0.6) is 5.75 Å². The summed E-state index contributed by atoms with van der Waals surface area (Å²) in [6.45, 7) is 3.40. The molecule has 1 aliphatic rings. The lowest BCUT2D eigenvalue weighted by atomic mass is 9.89. The quantitative estimate of drug-likeness (QED) is 0.757. The molecular formula is C18H21NO8. The van der Waals surface area contributed by atoms with Gasteiger partial charge in [0.1, 0.15) is 6.10 Å². The summed E-state index contributed by atoms with van der Waals surface area (Å²) in [5.41, 5.74) is 3.80. The van der Waals surface area contributed by atoms with Crippen molar-refractivity contribution < 1.29 is 33.3 Å². The molecule has 4 atom stereocenters. The summed E-state index contributed by atoms with van der Waals surface area (Å²) >= 11 is 0. The fourth-order valence-corrected chi connectivity index (χ4v) is 3.23. The van der Waals surface area contributed by atoms with Crippen molar-refractivity contribution in [3.05, 3.63) is 40.8 Å². The second kappa shape index (κ2) is 7.18. The van der Waals surface area contributed by atoms with Gasteiger partial charge in [-0.3, -0.25) is 0 Å². The number of ether oxygens (including phenoxy) is 4. The monoisotopic (exact) mass is 379 g/mol. The molecule has 2 heterocycles. The van der Waals surface area contributed by atoms with Crippen LogP contribution in [0.4, 0.5) is 4.79 Å². The summed E-state index contributed by atoms with van der Waals surface area (Å²) in [5, 5.41) is 11.3. The Hall–Kier alpha value is -2.62. The van der Waals surface area contributed by atoms with E-state index in [0.29, 0.717) is 5.39 Å². The van der Waals surface area contributed by atoms with E-state index in [-0.39, 0.29) is 11.3 Å². The Morgan fingerprint density at radius 1 is 1.26 bits per heavy atom. The van der Waals surface area contributed by atoms with Crippen LogP contribution in [0.15, 0.2) is 39.5 Å². The highest BCUT2D eigenvalue weighted by atomic mass is 16.7. The van der Waals surface area contributed by atoms with Crippen molar-refractivity contribution in [3.63, 3.8) is 0 Å². The molecule has 9 nitrogen and oxygen atoms in total. The van der Waals surface area contributed by atoms with Gasteiger partial charge in [-0.15, -0.1) is 0 Å². The first-order valence-corrected chi connectivity index (χ1v) is 8.27. The molecule has 2 aromatic rings. The summed E-state index contributed by atoms with van der Waals surface area (Å²) < 4.78 is 27.2. The predicted octanol–water partition coefficient (Wildman–Crippen LogP) is 1.15. The summed E-state index contributed by atoms with van der Waals surface area (Å²) in [6.07, 6.45) is -5.60. The maximum absolute atomic E-state index is 11.6. The average molecular weight is 379 g/mol. The van der Waals surface area contributed by atoms with Crippen molar-refractivity contribution in [2.24, 2.45) is 5.73 Å². The second-order valence-corrected chi connectivity index (χ2v) is 6.68. The minimum Gasteiger partial charge on any atom is -0.458 e. The fraction of sp³-hybridized carbons (Fsp3) is 0.444. The van der Waals surface area contributed by atoms with Crippen LogP contribution in [-0.4, -0.2) is 48.5 Å². The van der Waals surface area contributed by atoms with E-state index < -0.39 is 41.9 Å². The van der Waals surface area contributed by atoms with Crippen molar-refractivity contribution in [1.82, 2.24) is 0 Å². The highest BCUT2D eigenvalue weighted by Gasteiger charge is 2.53. The van der Waals surface area contributed by atoms with Crippen molar-refractivity contribution >= 4 is 17.1 Å². The predicted molar refractivity (Wildman–Crippen MR) is 93.3 cm³/mol. The molecule has 27 heavy (non-hydrogen) atoms. The molecule has 0 radical (unpaired) electrons. The van der Waals surface area contributed by atoms with Gasteiger partial charge in [0.05, 0.1) is 5.60 Å². The number of carbonyl (C=O) groups is 1. The minimum atomic E-state index is -1.40. The van der Waals surface area contributed by atoms with E-state index in [2.05, 4.69) is 0 Å². The molecular weight excluding hydrogens is 358 g/mol. The maximum Gasteiger partial charge on any atom is 0.404 e. The Morgan fingerprint density at radius 3 is 2.67 bits per heavy atom. The summed E-state index contributed by atoms with van der Waals surface area (Å²) in [6, 6.07) is 7.90. The van der Waals surface area contributed by atoms with Crippen LogP contribution in [0.2, 0.25) is 0 Å². The number of primary amides is 1. The van der Waals surface area contributed by atoms with E-state index in [1.807, 2.05) is 0 Å². The van der Waals surface area contributed by atoms with E-state index in [9.17, 15) is 14.7 Å². The zero-order valence-corrected chi connectivity index (χ0v) is 15.1. The number of carbonyl (C=O) groups excluding carboxylic acids is 1. The molecule has 1 aliphatic heterocycles. The van der Waals surface area contributed by atoms with Crippen LogP contribution in [-0.2, 0) is 14.2 Å². The van der Waals surface area contributed by atoms with Gasteiger partial charge in [0.15, 0.2) is 23.5 Å². The molecule has 1 fully saturated rings. The molecule has 0 bridgehead atoms. The molecule has 1 aromatic heterocycles. The Labute approximate surface area is 154 Å². The molecule has 3 N–H and O–H groups in total. The number of hydrogen-bond donors (Lipinski definition) is 2. The maximum atomic E-state index is 11.6. The van der Waals surface area contributed by atoms with Crippen LogP contribution >= 0.6 is 0 Å². The van der Waals surface area contributed by atoms with Gasteiger partial charge in [-0.2, -0.15) is 0 Å². The molecule has 146 valence electrons. The van der Waals surface area contributed by atoms with Crippen molar-refractivity contribution in [2.75, 3.05) is 7.11 Å². The number of benzene rings is 1. The lowest BCUT2D eigenvalue weighted by Gasteiger charge is -2.47. The molecule has 1 aromatic carbocycles. The number of hydrogen-bond acceptors (Lipinski definition) is 8. The zero-order valence-electron chi connectivity index (χ0n) is 15.1. The number of amides is 1. The smallest absolute Gasteiger partial charge is 0.404 e. The highest BCUT2D eigenvalue weighted by Crippen LogP contribution is 2.35. The van der Waals surface area contributed by atoms with Gasteiger partial charge in [-0.05, 0) is 26.0 Å². The van der Waals surface area contributed by atoms with Gasteiger partial charge in [0.25, 0.3) is 0 Å². The number of aliphatic hydroxyl groups is 1. The van der Waals surface area contributed by atoms with Crippen LogP contribution in [0.3, 0.4) is 0 Å². The Kier molecular flexibility index (Phi) is 5.09. The third-order valence-corrected chi connectivity index (χ3v) is 4.38. The standard InChI is InChI=1S/C18H21NO8/c1-18(2)15(23-3)14(26-17(19)22)12(21)16(27-18)24-10-6-4-5-9-7-8-11(20)25-13(9)10/h4-8,12,14-16,21H,1-3H3,(H2,19,22)/t12-,14+,15-,16-/m1/s1. The Balaban J connectivity index is 1.96. The first-order chi connectivity index (χ1) is 12.7. The topological polar surface area (TPSA) is 130 Å². The largest absolute Gasteiger partial charge is 0.458 e.